The molecule has 246 valence electrons. The summed E-state index contributed by atoms with van der Waals surface area (Å²) in [6.07, 6.45) is -13.4. The number of aliphatic carboxylic acids is 1. The molecule has 0 fully saturated rings. The maximum atomic E-state index is 13.8. The second kappa shape index (κ2) is 14.8. The highest BCUT2D eigenvalue weighted by molar-refractivity contribution is 5.87. The van der Waals surface area contributed by atoms with Crippen LogP contribution in [0.1, 0.15) is 34.0 Å². The number of carboxylic acids is 2. The second-order valence-electron chi connectivity index (χ2n) is 9.54. The molecule has 0 unspecified atom stereocenters. The molecule has 0 spiro atoms. The molecule has 9 N–H and O–H groups in total. The number of halogens is 6. The van der Waals surface area contributed by atoms with Gasteiger partial charge in [0.05, 0.1) is 18.8 Å². The monoisotopic (exact) mass is 646 g/mol. The topological polar surface area (TPSA) is 240 Å². The minimum Gasteiger partial charge on any atom is -0.479 e. The molecule has 1 aromatic carbocycles. The Balaban J connectivity index is 0.000000439. The molecule has 2 heterocycles. The zero-order chi connectivity index (χ0) is 33.7. The first kappa shape index (κ1) is 36.4. The largest absolute Gasteiger partial charge is 0.479 e. The summed E-state index contributed by atoms with van der Waals surface area (Å²) in [7, 11) is 0. The summed E-state index contributed by atoms with van der Waals surface area (Å²) in [4.78, 5) is 38.2. The fraction of sp³-hybridized carbons (Fsp3) is 0.500. The number of hydrogen-bond donors (Lipinski definition) is 8. The van der Waals surface area contributed by atoms with E-state index in [1.165, 1.54) is 0 Å². The maximum absolute atomic E-state index is 13.8. The van der Waals surface area contributed by atoms with E-state index in [2.05, 4.69) is 4.98 Å². The van der Waals surface area contributed by atoms with Crippen LogP contribution >= 0.6 is 0 Å². The molecule has 0 bridgehead atoms. The van der Waals surface area contributed by atoms with Gasteiger partial charge in [0.2, 0.25) is 11.7 Å². The lowest BCUT2D eigenvalue weighted by Crippen LogP contribution is -2.48. The van der Waals surface area contributed by atoms with Crippen LogP contribution in [0.3, 0.4) is 0 Å². The van der Waals surface area contributed by atoms with Crippen molar-refractivity contribution >= 4 is 17.8 Å². The van der Waals surface area contributed by atoms with Crippen molar-refractivity contribution in [3.05, 3.63) is 52.4 Å². The van der Waals surface area contributed by atoms with E-state index in [-0.39, 0.29) is 37.2 Å². The number of carbonyl (C=O) groups excluding carboxylic acids is 1. The number of aromatic nitrogens is 2. The van der Waals surface area contributed by atoms with Gasteiger partial charge in [0.1, 0.15) is 24.1 Å². The number of nitrogens with two attached hydrogens (primary N) is 1. The third-order valence-corrected chi connectivity index (χ3v) is 6.33. The lowest BCUT2D eigenvalue weighted by atomic mass is 10.0. The number of amides is 1. The molecule has 0 radical (unpaired) electrons. The first-order valence-corrected chi connectivity index (χ1v) is 12.4. The number of hydrogen-bond acceptors (Lipinski definition) is 10. The maximum Gasteiger partial charge on any atom is 0.449 e. The predicted octanol–water partition coefficient (Wildman–Crippen LogP) is -1.17. The normalized spacial score (nSPS) is 16.6. The van der Waals surface area contributed by atoms with Gasteiger partial charge in [-0.25, -0.2) is 27.7 Å². The smallest absolute Gasteiger partial charge is 0.449 e. The number of carboxylic acid groups (broad SMARTS) is 2. The fourth-order valence-electron chi connectivity index (χ4n) is 4.07. The number of imidazole rings is 1. The molecule has 20 heteroatoms. The van der Waals surface area contributed by atoms with Gasteiger partial charge in [0.15, 0.2) is 23.4 Å². The van der Waals surface area contributed by atoms with Crippen molar-refractivity contribution in [2.24, 2.45) is 5.73 Å². The van der Waals surface area contributed by atoms with Crippen LogP contribution in [-0.2, 0) is 35.3 Å². The standard InChI is InChI=1S/C18H16F6N4O3.C6H12O7/c19-10-6-12(21)11(20)4-8(10)3-9(25)5-14(29)27-1-2-28-13(7-27)15(16(30)31)26-17(28)18(22,23)24;7-1-2(8)3(9)4(10)5(11)6(12)13/h4,6,9H,1-3,5,7,25H2,(H,30,31);2-5,7-11H,1H2,(H,12,13)/t9-;2-,3-,4+,5-/m11/s1. The Hall–Kier alpha value is -3.82. The second-order valence-corrected chi connectivity index (χ2v) is 9.54. The molecule has 3 rings (SSSR count). The Morgan fingerprint density at radius 1 is 0.955 bits per heavy atom. The molecule has 0 saturated carbocycles. The summed E-state index contributed by atoms with van der Waals surface area (Å²) in [5.41, 5.74) is 4.49. The number of nitrogens with zero attached hydrogens (tertiary/aromatic N) is 3. The highest BCUT2D eigenvalue weighted by Crippen LogP contribution is 2.32. The summed E-state index contributed by atoms with van der Waals surface area (Å²) in [5.74, 6) is -9.06. The number of aliphatic hydroxyl groups excluding tert-OH is 5. The van der Waals surface area contributed by atoms with Gasteiger partial charge in [-0.1, -0.05) is 0 Å². The zero-order valence-corrected chi connectivity index (χ0v) is 22.3. The van der Waals surface area contributed by atoms with Gasteiger partial charge in [-0.2, -0.15) is 13.2 Å². The third kappa shape index (κ3) is 8.86. The number of rotatable bonds is 10. The molecule has 5 atom stereocenters. The highest BCUT2D eigenvalue weighted by atomic mass is 19.4. The molecule has 1 aromatic heterocycles. The molecule has 0 saturated heterocycles. The van der Waals surface area contributed by atoms with Gasteiger partial charge in [-0.05, 0) is 18.1 Å². The summed E-state index contributed by atoms with van der Waals surface area (Å²) >= 11 is 0. The Labute approximate surface area is 243 Å². The number of alkyl halides is 3. The lowest BCUT2D eigenvalue weighted by Gasteiger charge is -2.30. The summed E-state index contributed by atoms with van der Waals surface area (Å²) in [6.45, 7) is -1.76. The van der Waals surface area contributed by atoms with Crippen LogP contribution in [0, 0.1) is 17.5 Å². The van der Waals surface area contributed by atoms with Crippen LogP contribution in [0.25, 0.3) is 0 Å². The molecule has 1 aliphatic heterocycles. The Bertz CT molecular complexity index is 1360. The molecule has 14 nitrogen and oxygen atoms in total. The molecule has 44 heavy (non-hydrogen) atoms. The van der Waals surface area contributed by atoms with Crippen molar-refractivity contribution in [3.8, 4) is 0 Å². The van der Waals surface area contributed by atoms with Crippen molar-refractivity contribution in [2.75, 3.05) is 13.2 Å². The molecule has 2 aromatic rings. The number of benzene rings is 1. The van der Waals surface area contributed by atoms with E-state index < -0.39 is 96.6 Å². The minimum atomic E-state index is -4.87. The SMILES string of the molecule is N[C@@H](CC(=O)N1CCn2c(C(F)(F)F)nc(C(=O)O)c2C1)Cc1cc(F)c(F)cc1F.O=C(O)[C@H](O)[C@@H](O)[C@H](O)[C@H](O)CO. The number of aromatic carboxylic acids is 1. The summed E-state index contributed by atoms with van der Waals surface area (Å²) in [6, 6.07) is -0.00786. The van der Waals surface area contributed by atoms with Crippen LogP contribution < -0.4 is 5.73 Å². The Kier molecular flexibility index (Phi) is 12.2. The van der Waals surface area contributed by atoms with Crippen LogP contribution in [0.2, 0.25) is 0 Å². The average molecular weight is 646 g/mol. The van der Waals surface area contributed by atoms with Gasteiger partial charge < -0.3 is 50.9 Å². The van der Waals surface area contributed by atoms with Gasteiger partial charge >= 0.3 is 18.1 Å². The molecule has 0 aliphatic carbocycles. The number of carbonyl (C=O) groups is 3. The summed E-state index contributed by atoms with van der Waals surface area (Å²) in [5, 5.41) is 61.0. The molecular weight excluding hydrogens is 618 g/mol. The van der Waals surface area contributed by atoms with E-state index >= 15 is 0 Å². The average Bonchev–Trinajstić information content (AvgIpc) is 3.34. The van der Waals surface area contributed by atoms with Crippen molar-refractivity contribution in [3.63, 3.8) is 0 Å². The first-order chi connectivity index (χ1) is 20.3. The van der Waals surface area contributed by atoms with Crippen molar-refractivity contribution < 1.29 is 76.5 Å². The van der Waals surface area contributed by atoms with Gasteiger partial charge in [-0.15, -0.1) is 0 Å². The summed E-state index contributed by atoms with van der Waals surface area (Å²) < 4.78 is 80.1. The zero-order valence-electron chi connectivity index (χ0n) is 22.3. The highest BCUT2D eigenvalue weighted by Gasteiger charge is 2.42. The molecule has 1 aliphatic rings. The van der Waals surface area contributed by atoms with E-state index in [0.29, 0.717) is 16.7 Å². The van der Waals surface area contributed by atoms with E-state index in [1.54, 1.807) is 0 Å². The van der Waals surface area contributed by atoms with Gasteiger partial charge in [0.25, 0.3) is 0 Å². The number of fused-ring (bicyclic) bond motifs is 1. The van der Waals surface area contributed by atoms with E-state index in [0.717, 1.165) is 4.90 Å². The molecule has 1 amide bonds. The minimum absolute atomic E-state index is 0.156. The lowest BCUT2D eigenvalue weighted by molar-refractivity contribution is -0.164. The fourth-order valence-corrected chi connectivity index (χ4v) is 4.07. The predicted molar refractivity (Wildman–Crippen MR) is 131 cm³/mol. The third-order valence-electron chi connectivity index (χ3n) is 6.33. The van der Waals surface area contributed by atoms with Crippen molar-refractivity contribution in [2.45, 2.75) is 62.6 Å². The van der Waals surface area contributed by atoms with Crippen molar-refractivity contribution in [1.82, 2.24) is 14.5 Å². The Morgan fingerprint density at radius 3 is 2.07 bits per heavy atom. The van der Waals surface area contributed by atoms with Crippen LogP contribution in [0.4, 0.5) is 26.3 Å². The first-order valence-electron chi connectivity index (χ1n) is 12.4. The van der Waals surface area contributed by atoms with E-state index in [1.807, 2.05) is 0 Å². The van der Waals surface area contributed by atoms with Crippen LogP contribution in [0.5, 0.6) is 0 Å². The number of aliphatic hydroxyl groups is 5. The van der Waals surface area contributed by atoms with Crippen LogP contribution in [-0.4, -0.2) is 112 Å². The van der Waals surface area contributed by atoms with Gasteiger partial charge in [0, 0.05) is 31.6 Å². The van der Waals surface area contributed by atoms with Crippen LogP contribution in [0.15, 0.2) is 12.1 Å². The Morgan fingerprint density at radius 2 is 1.55 bits per heavy atom. The van der Waals surface area contributed by atoms with E-state index in [4.69, 9.17) is 41.5 Å². The van der Waals surface area contributed by atoms with E-state index in [9.17, 15) is 40.7 Å². The van der Waals surface area contributed by atoms with Crippen molar-refractivity contribution in [1.29, 1.82) is 0 Å². The quantitative estimate of drug-likeness (QED) is 0.113. The van der Waals surface area contributed by atoms with Gasteiger partial charge in [-0.3, -0.25) is 4.79 Å². The molecular formula is C24H28F6N4O10.